The predicted octanol–water partition coefficient (Wildman–Crippen LogP) is 4.24. The van der Waals surface area contributed by atoms with Crippen molar-refractivity contribution < 1.29 is 22.9 Å². The maximum absolute atomic E-state index is 12.9. The van der Waals surface area contributed by atoms with E-state index in [1.54, 1.807) is 6.20 Å². The second kappa shape index (κ2) is 7.81. The second-order valence-corrected chi connectivity index (χ2v) is 9.45. The first-order valence-electron chi connectivity index (χ1n) is 9.40. The standard InChI is InChI=1S/C19H23N2O6PS/c1-11-6-12(2)17-14(7-11)9-24-28(23,27-17)25-10-15-4-5-16(26-15)21-8-13(3)18(29)20-19(21)22/h6-8,15-16H,4-5,9-10H2,1-3H3,(H,20,22,29). The minimum atomic E-state index is -3.72. The van der Waals surface area contributed by atoms with Crippen molar-refractivity contribution in [3.05, 3.63) is 55.7 Å². The number of hydrogen-bond acceptors (Lipinski definition) is 7. The quantitative estimate of drug-likeness (QED) is 0.564. The Kier molecular flexibility index (Phi) is 5.52. The molecule has 0 saturated carbocycles. The number of phosphoric ester groups is 1. The van der Waals surface area contributed by atoms with Crippen molar-refractivity contribution in [1.29, 1.82) is 0 Å². The SMILES string of the molecule is Cc1cc(C)c2c(c1)COP(=O)(OCC1CCC(n3cc(C)c(=S)[nH]c3=O)O1)O2. The molecule has 156 valence electrons. The summed E-state index contributed by atoms with van der Waals surface area (Å²) in [6, 6.07) is 3.91. The molecule has 0 aliphatic carbocycles. The summed E-state index contributed by atoms with van der Waals surface area (Å²) >= 11 is 5.08. The van der Waals surface area contributed by atoms with Crippen LogP contribution in [0.5, 0.6) is 5.75 Å². The zero-order chi connectivity index (χ0) is 20.8. The highest BCUT2D eigenvalue weighted by atomic mass is 32.1. The van der Waals surface area contributed by atoms with Gasteiger partial charge < -0.3 is 9.26 Å². The molecule has 0 bridgehead atoms. The molecule has 4 rings (SSSR count). The molecule has 10 heteroatoms. The summed E-state index contributed by atoms with van der Waals surface area (Å²) in [5.41, 5.74) is 3.30. The van der Waals surface area contributed by atoms with E-state index in [4.69, 9.17) is 30.5 Å². The molecular formula is C19H23N2O6PS. The van der Waals surface area contributed by atoms with Gasteiger partial charge in [0.15, 0.2) is 0 Å². The van der Waals surface area contributed by atoms with Crippen LogP contribution < -0.4 is 10.2 Å². The molecule has 1 saturated heterocycles. The molecule has 2 aliphatic rings. The highest BCUT2D eigenvalue weighted by Crippen LogP contribution is 2.55. The first kappa shape index (κ1) is 20.5. The van der Waals surface area contributed by atoms with Crippen LogP contribution in [0.25, 0.3) is 0 Å². The van der Waals surface area contributed by atoms with Gasteiger partial charge in [-0.3, -0.25) is 18.6 Å². The highest BCUT2D eigenvalue weighted by molar-refractivity contribution is 7.71. The Bertz CT molecular complexity index is 1110. The number of nitrogens with zero attached hydrogens (tertiary/aromatic N) is 1. The van der Waals surface area contributed by atoms with Crippen molar-refractivity contribution >= 4 is 20.0 Å². The van der Waals surface area contributed by atoms with Crippen LogP contribution in [-0.2, 0) is 25.0 Å². The monoisotopic (exact) mass is 438 g/mol. The van der Waals surface area contributed by atoms with Crippen LogP contribution in [0.15, 0.2) is 23.1 Å². The predicted molar refractivity (Wildman–Crippen MR) is 109 cm³/mol. The molecule has 0 spiro atoms. The van der Waals surface area contributed by atoms with Gasteiger partial charge in [0.1, 0.15) is 16.6 Å². The summed E-state index contributed by atoms with van der Waals surface area (Å²) in [5, 5.41) is 0. The Balaban J connectivity index is 1.40. The fraction of sp³-hybridized carbons (Fsp3) is 0.474. The van der Waals surface area contributed by atoms with Gasteiger partial charge in [-0.05, 0) is 39.2 Å². The lowest BCUT2D eigenvalue weighted by atomic mass is 10.1. The number of phosphoric acid groups is 1. The highest BCUT2D eigenvalue weighted by Gasteiger charge is 2.37. The summed E-state index contributed by atoms with van der Waals surface area (Å²) in [6.07, 6.45) is 2.22. The van der Waals surface area contributed by atoms with Crippen LogP contribution in [-0.4, -0.2) is 22.3 Å². The maximum atomic E-state index is 12.9. The van der Waals surface area contributed by atoms with E-state index in [9.17, 15) is 9.36 Å². The molecule has 3 heterocycles. The number of aromatic nitrogens is 2. The third-order valence-electron chi connectivity index (χ3n) is 5.04. The van der Waals surface area contributed by atoms with Crippen molar-refractivity contribution in [3.8, 4) is 5.75 Å². The smallest absolute Gasteiger partial charge is 0.403 e. The molecule has 2 aliphatic heterocycles. The second-order valence-electron chi connectivity index (χ2n) is 7.45. The van der Waals surface area contributed by atoms with Gasteiger partial charge in [0.25, 0.3) is 0 Å². The Morgan fingerprint density at radius 3 is 2.86 bits per heavy atom. The molecule has 2 aromatic rings. The lowest BCUT2D eigenvalue weighted by molar-refractivity contribution is -0.0265. The molecule has 8 nitrogen and oxygen atoms in total. The van der Waals surface area contributed by atoms with Crippen molar-refractivity contribution in [3.63, 3.8) is 0 Å². The number of ether oxygens (including phenoxy) is 1. The molecule has 0 amide bonds. The zero-order valence-corrected chi connectivity index (χ0v) is 18.2. The molecule has 1 aromatic carbocycles. The topological polar surface area (TPSA) is 91.8 Å². The Labute approximate surface area is 173 Å². The van der Waals surface area contributed by atoms with E-state index in [0.29, 0.717) is 23.2 Å². The number of benzene rings is 1. The van der Waals surface area contributed by atoms with Gasteiger partial charge in [0.2, 0.25) is 0 Å². The normalized spacial score (nSPS) is 26.2. The van der Waals surface area contributed by atoms with E-state index in [-0.39, 0.29) is 25.0 Å². The molecule has 1 N–H and O–H groups in total. The summed E-state index contributed by atoms with van der Waals surface area (Å²) in [4.78, 5) is 14.8. The molecule has 3 unspecified atom stereocenters. The number of aryl methyl sites for hydroxylation is 3. The van der Waals surface area contributed by atoms with Crippen LogP contribution in [0.3, 0.4) is 0 Å². The van der Waals surface area contributed by atoms with Crippen LogP contribution in [0.1, 0.15) is 41.3 Å². The van der Waals surface area contributed by atoms with Gasteiger partial charge >= 0.3 is 13.5 Å². The molecule has 0 radical (unpaired) electrons. The fourth-order valence-electron chi connectivity index (χ4n) is 3.62. The van der Waals surface area contributed by atoms with Gasteiger partial charge in [-0.25, -0.2) is 9.36 Å². The average molecular weight is 438 g/mol. The number of aromatic amines is 1. The van der Waals surface area contributed by atoms with E-state index < -0.39 is 14.1 Å². The van der Waals surface area contributed by atoms with Gasteiger partial charge in [-0.2, -0.15) is 0 Å². The van der Waals surface area contributed by atoms with Crippen molar-refractivity contribution in [2.75, 3.05) is 6.61 Å². The number of rotatable bonds is 4. The van der Waals surface area contributed by atoms with Gasteiger partial charge in [0.05, 0.1) is 19.3 Å². The van der Waals surface area contributed by atoms with Crippen LogP contribution in [0.2, 0.25) is 0 Å². The first-order valence-corrected chi connectivity index (χ1v) is 11.3. The third kappa shape index (κ3) is 4.25. The average Bonchev–Trinajstić information content (AvgIpc) is 3.13. The van der Waals surface area contributed by atoms with Gasteiger partial charge in [-0.15, -0.1) is 0 Å². The first-order chi connectivity index (χ1) is 13.7. The zero-order valence-electron chi connectivity index (χ0n) is 16.5. The minimum Gasteiger partial charge on any atom is -0.403 e. The van der Waals surface area contributed by atoms with Crippen molar-refractivity contribution in [2.24, 2.45) is 0 Å². The number of H-pyrrole nitrogens is 1. The van der Waals surface area contributed by atoms with Gasteiger partial charge in [-0.1, -0.05) is 29.9 Å². The number of nitrogens with one attached hydrogen (secondary N) is 1. The van der Waals surface area contributed by atoms with Gasteiger partial charge in [0, 0.05) is 17.3 Å². The van der Waals surface area contributed by atoms with E-state index in [0.717, 1.165) is 22.3 Å². The lowest BCUT2D eigenvalue weighted by Crippen LogP contribution is -2.28. The number of hydrogen-bond donors (Lipinski definition) is 1. The Hall–Kier alpha value is -1.77. The van der Waals surface area contributed by atoms with E-state index in [1.807, 2.05) is 32.9 Å². The summed E-state index contributed by atoms with van der Waals surface area (Å²) < 4.78 is 37.2. The maximum Gasteiger partial charge on any atom is 0.530 e. The summed E-state index contributed by atoms with van der Waals surface area (Å²) in [6.45, 7) is 5.93. The molecule has 3 atom stereocenters. The van der Waals surface area contributed by atoms with E-state index >= 15 is 0 Å². The lowest BCUT2D eigenvalue weighted by Gasteiger charge is -2.27. The van der Waals surface area contributed by atoms with Crippen LogP contribution in [0.4, 0.5) is 0 Å². The minimum absolute atomic E-state index is 0.0462. The third-order valence-corrected chi connectivity index (χ3v) is 6.78. The van der Waals surface area contributed by atoms with Crippen molar-refractivity contribution in [2.45, 2.75) is 52.6 Å². The largest absolute Gasteiger partial charge is 0.530 e. The van der Waals surface area contributed by atoms with E-state index in [2.05, 4.69) is 4.98 Å². The fourth-order valence-corrected chi connectivity index (χ4v) is 5.07. The Morgan fingerprint density at radius 2 is 2.07 bits per heavy atom. The van der Waals surface area contributed by atoms with Crippen molar-refractivity contribution in [1.82, 2.24) is 9.55 Å². The van der Waals surface area contributed by atoms with Crippen LogP contribution >= 0.6 is 20.0 Å². The number of fused-ring (bicyclic) bond motifs is 1. The van der Waals surface area contributed by atoms with Crippen LogP contribution in [0, 0.1) is 25.4 Å². The summed E-state index contributed by atoms with van der Waals surface area (Å²) in [5.74, 6) is 0.553. The summed E-state index contributed by atoms with van der Waals surface area (Å²) in [7, 11) is -3.72. The molecule has 1 aromatic heterocycles. The molecule has 29 heavy (non-hydrogen) atoms. The molecular weight excluding hydrogens is 415 g/mol. The van der Waals surface area contributed by atoms with E-state index in [1.165, 1.54) is 4.57 Å². The Morgan fingerprint density at radius 1 is 1.28 bits per heavy atom. The molecule has 1 fully saturated rings.